The first-order valence-corrected chi connectivity index (χ1v) is 12.9. The third-order valence-corrected chi connectivity index (χ3v) is 7.57. The van der Waals surface area contributed by atoms with Crippen molar-refractivity contribution in [3.05, 3.63) is 64.6 Å². The summed E-state index contributed by atoms with van der Waals surface area (Å²) in [6.45, 7) is 3.33. The van der Waals surface area contributed by atoms with Gasteiger partial charge in [-0.2, -0.15) is 0 Å². The van der Waals surface area contributed by atoms with Gasteiger partial charge >= 0.3 is 0 Å². The van der Waals surface area contributed by atoms with E-state index in [4.69, 9.17) is 4.74 Å². The van der Waals surface area contributed by atoms with Crippen molar-refractivity contribution < 1.29 is 31.8 Å². The second kappa shape index (κ2) is 10.5. The minimum Gasteiger partial charge on any atom is -0.488 e. The van der Waals surface area contributed by atoms with E-state index in [-0.39, 0.29) is 30.0 Å². The molecule has 10 heteroatoms. The lowest BCUT2D eigenvalue weighted by molar-refractivity contribution is 0.0151. The number of fused-ring (bicyclic) bond motifs is 3. The van der Waals surface area contributed by atoms with Crippen LogP contribution in [0.2, 0.25) is 0 Å². The number of hydrogen-bond donors (Lipinski definition) is 2. The number of aromatic nitrogens is 1. The van der Waals surface area contributed by atoms with Crippen LogP contribution in [0.3, 0.4) is 0 Å². The highest BCUT2D eigenvalue weighted by Crippen LogP contribution is 2.44. The van der Waals surface area contributed by atoms with Crippen LogP contribution in [-0.2, 0) is 6.42 Å². The summed E-state index contributed by atoms with van der Waals surface area (Å²) in [6, 6.07) is 5.11. The highest BCUT2D eigenvalue weighted by atomic mass is 19.2. The molecule has 38 heavy (non-hydrogen) atoms. The van der Waals surface area contributed by atoms with Crippen molar-refractivity contribution in [1.29, 1.82) is 0 Å². The van der Waals surface area contributed by atoms with E-state index in [0.717, 1.165) is 17.7 Å². The number of hydrogen-bond acceptors (Lipinski definition) is 4. The van der Waals surface area contributed by atoms with Crippen molar-refractivity contribution in [3.63, 3.8) is 0 Å². The van der Waals surface area contributed by atoms with Crippen molar-refractivity contribution in [1.82, 2.24) is 14.8 Å². The SMILES string of the molecule is CC1Cc2c([nH]c3ccc(F)cc23)C(c2c(F)cc(OC3CN(CCCF)C3)cc2F)N1CC(C)(F)CO. The largest absolute Gasteiger partial charge is 0.488 e. The summed E-state index contributed by atoms with van der Waals surface area (Å²) >= 11 is 0. The quantitative estimate of drug-likeness (QED) is 0.375. The van der Waals surface area contributed by atoms with Crippen LogP contribution >= 0.6 is 0 Å². The molecule has 1 saturated heterocycles. The van der Waals surface area contributed by atoms with E-state index < -0.39 is 42.4 Å². The number of aliphatic hydroxyl groups is 1. The number of likely N-dealkylation sites (tertiary alicyclic amines) is 1. The lowest BCUT2D eigenvalue weighted by Crippen LogP contribution is -2.53. The topological polar surface area (TPSA) is 51.7 Å². The number of H-pyrrole nitrogens is 1. The van der Waals surface area contributed by atoms with Gasteiger partial charge in [-0.25, -0.2) is 17.6 Å². The Balaban J connectivity index is 1.52. The molecule has 0 radical (unpaired) electrons. The van der Waals surface area contributed by atoms with Crippen LogP contribution in [-0.4, -0.2) is 77.2 Å². The summed E-state index contributed by atoms with van der Waals surface area (Å²) < 4.78 is 78.8. The van der Waals surface area contributed by atoms with Gasteiger partial charge in [-0.3, -0.25) is 14.2 Å². The molecule has 1 aromatic heterocycles. The van der Waals surface area contributed by atoms with Crippen molar-refractivity contribution in [2.45, 2.75) is 50.5 Å². The van der Waals surface area contributed by atoms with E-state index in [1.54, 1.807) is 11.0 Å². The molecule has 3 aromatic rings. The average molecular weight is 538 g/mol. The molecule has 0 bridgehead atoms. The molecule has 2 aliphatic heterocycles. The van der Waals surface area contributed by atoms with Gasteiger partial charge in [0.05, 0.1) is 19.3 Å². The minimum absolute atomic E-state index is 0.0407. The normalized spacial score (nSPS) is 22.3. The number of rotatable bonds is 9. The average Bonchev–Trinajstić information content (AvgIpc) is 3.18. The Morgan fingerprint density at radius 3 is 2.50 bits per heavy atom. The molecule has 3 unspecified atom stereocenters. The van der Waals surface area contributed by atoms with Crippen LogP contribution in [0.5, 0.6) is 5.75 Å². The maximum atomic E-state index is 15.7. The number of aliphatic hydroxyl groups excluding tert-OH is 1. The molecule has 1 fully saturated rings. The number of nitrogens with one attached hydrogen (secondary N) is 1. The zero-order chi connectivity index (χ0) is 27.2. The van der Waals surface area contributed by atoms with Gasteiger partial charge in [0.25, 0.3) is 0 Å². The van der Waals surface area contributed by atoms with Crippen molar-refractivity contribution in [2.24, 2.45) is 0 Å². The fraction of sp³-hybridized carbons (Fsp3) is 0.500. The van der Waals surface area contributed by atoms with Crippen molar-refractivity contribution >= 4 is 10.9 Å². The smallest absolute Gasteiger partial charge is 0.143 e. The maximum Gasteiger partial charge on any atom is 0.143 e. The first kappa shape index (κ1) is 26.9. The summed E-state index contributed by atoms with van der Waals surface area (Å²) in [7, 11) is 0. The fourth-order valence-corrected chi connectivity index (χ4v) is 5.66. The highest BCUT2D eigenvalue weighted by Gasteiger charge is 2.42. The summed E-state index contributed by atoms with van der Waals surface area (Å²) in [6.07, 6.45) is 0.580. The minimum atomic E-state index is -2.02. The van der Waals surface area contributed by atoms with E-state index in [1.807, 2.05) is 11.8 Å². The lowest BCUT2D eigenvalue weighted by atomic mass is 9.87. The number of alkyl halides is 2. The standard InChI is InChI=1S/C28H32F5N3O2/c1-16-8-21-20-9-17(30)4-5-24(20)34-26(21)27(36(16)14-28(2,33)15-37)25-22(31)10-18(11-23(25)32)38-19-12-35(13-19)7-3-6-29/h4-5,9-11,16,19,27,34,37H,3,6-8,12-15H2,1-2H3. The zero-order valence-electron chi connectivity index (χ0n) is 21.4. The molecule has 0 aliphatic carbocycles. The number of benzene rings is 2. The molecule has 0 spiro atoms. The number of aromatic amines is 1. The predicted molar refractivity (Wildman–Crippen MR) is 134 cm³/mol. The van der Waals surface area contributed by atoms with Gasteiger partial charge < -0.3 is 14.8 Å². The van der Waals surface area contributed by atoms with E-state index in [1.165, 1.54) is 19.1 Å². The molecule has 2 aliphatic rings. The van der Waals surface area contributed by atoms with Gasteiger partial charge in [-0.1, -0.05) is 0 Å². The molecular weight excluding hydrogens is 505 g/mol. The van der Waals surface area contributed by atoms with Gasteiger partial charge in [-0.15, -0.1) is 0 Å². The zero-order valence-corrected chi connectivity index (χ0v) is 21.4. The highest BCUT2D eigenvalue weighted by molar-refractivity contribution is 5.85. The van der Waals surface area contributed by atoms with Crippen LogP contribution in [0.25, 0.3) is 10.9 Å². The third kappa shape index (κ3) is 5.13. The van der Waals surface area contributed by atoms with Gasteiger partial charge in [-0.05, 0) is 50.5 Å². The maximum absolute atomic E-state index is 15.7. The number of ether oxygens (including phenoxy) is 1. The summed E-state index contributed by atoms with van der Waals surface area (Å²) in [4.78, 5) is 6.84. The Kier molecular flexibility index (Phi) is 7.41. The Morgan fingerprint density at radius 1 is 1.13 bits per heavy atom. The van der Waals surface area contributed by atoms with E-state index >= 15 is 13.2 Å². The number of nitrogens with zero attached hydrogens (tertiary/aromatic N) is 2. The molecule has 0 amide bonds. The van der Waals surface area contributed by atoms with Gasteiger partial charge in [0, 0.05) is 66.5 Å². The van der Waals surface area contributed by atoms with Crippen LogP contribution in [0.15, 0.2) is 30.3 Å². The molecule has 3 heterocycles. The first-order valence-electron chi connectivity index (χ1n) is 12.9. The van der Waals surface area contributed by atoms with E-state index in [9.17, 15) is 13.9 Å². The first-order chi connectivity index (χ1) is 18.1. The predicted octanol–water partition coefficient (Wildman–Crippen LogP) is 5.06. The second-order valence-electron chi connectivity index (χ2n) is 10.7. The molecular formula is C28H32F5N3O2. The third-order valence-electron chi connectivity index (χ3n) is 7.57. The van der Waals surface area contributed by atoms with E-state index in [2.05, 4.69) is 4.98 Å². The Bertz CT molecular complexity index is 1280. The molecule has 206 valence electrons. The Labute approximate surface area is 218 Å². The number of halogens is 5. The van der Waals surface area contributed by atoms with Gasteiger partial charge in [0.2, 0.25) is 0 Å². The summed E-state index contributed by atoms with van der Waals surface area (Å²) in [5, 5.41) is 10.2. The summed E-state index contributed by atoms with van der Waals surface area (Å²) in [5.41, 5.74) is -0.491. The lowest BCUT2D eigenvalue weighted by Gasteiger charge is -2.43. The molecule has 0 saturated carbocycles. The molecule has 5 rings (SSSR count). The van der Waals surface area contributed by atoms with Crippen molar-refractivity contribution in [3.8, 4) is 5.75 Å². The Hall–Kier alpha value is -2.69. The monoisotopic (exact) mass is 537 g/mol. The molecule has 3 atom stereocenters. The molecule has 2 N–H and O–H groups in total. The second-order valence-corrected chi connectivity index (χ2v) is 10.7. The van der Waals surface area contributed by atoms with Crippen LogP contribution in [0.1, 0.15) is 43.1 Å². The molecule has 5 nitrogen and oxygen atoms in total. The van der Waals surface area contributed by atoms with E-state index in [0.29, 0.717) is 49.1 Å². The van der Waals surface area contributed by atoms with Gasteiger partial charge in [0.15, 0.2) is 0 Å². The van der Waals surface area contributed by atoms with Crippen LogP contribution < -0.4 is 4.74 Å². The van der Waals surface area contributed by atoms with Crippen LogP contribution in [0, 0.1) is 17.5 Å². The molecule has 2 aromatic carbocycles. The van der Waals surface area contributed by atoms with Gasteiger partial charge in [0.1, 0.15) is 35.0 Å². The summed E-state index contributed by atoms with van der Waals surface area (Å²) in [5.74, 6) is -2.09. The van der Waals surface area contributed by atoms with Crippen molar-refractivity contribution in [2.75, 3.05) is 39.5 Å². The van der Waals surface area contributed by atoms with Crippen LogP contribution in [0.4, 0.5) is 22.0 Å². The fourth-order valence-electron chi connectivity index (χ4n) is 5.66. The Morgan fingerprint density at radius 2 is 1.84 bits per heavy atom.